The number of sulfone groups is 1. The Kier molecular flexibility index (Phi) is 7.45. The Hall–Kier alpha value is -1.61. The summed E-state index contributed by atoms with van der Waals surface area (Å²) in [5, 5.41) is 6.17. The molecule has 1 aromatic carbocycles. The molecule has 0 saturated carbocycles. The maximum Gasteiger partial charge on any atom is 0.224 e. The Morgan fingerprint density at radius 2 is 2.12 bits per heavy atom. The van der Waals surface area contributed by atoms with Crippen LogP contribution in [0.5, 0.6) is 0 Å². The first-order valence-electron chi connectivity index (χ1n) is 8.45. The van der Waals surface area contributed by atoms with Gasteiger partial charge in [0.1, 0.15) is 0 Å². The first-order valence-corrected chi connectivity index (χ1v) is 11.1. The largest absolute Gasteiger partial charge is 0.356 e. The Morgan fingerprint density at radius 1 is 1.38 bits per heavy atom. The molecule has 9 heteroatoms. The lowest BCUT2D eigenvalue weighted by atomic mass is 10.2. The van der Waals surface area contributed by atoms with Crippen molar-refractivity contribution in [1.29, 1.82) is 0 Å². The van der Waals surface area contributed by atoms with Crippen molar-refractivity contribution in [3.8, 4) is 0 Å². The van der Waals surface area contributed by atoms with Crippen molar-refractivity contribution in [1.82, 2.24) is 15.5 Å². The van der Waals surface area contributed by atoms with Gasteiger partial charge >= 0.3 is 0 Å². The molecule has 7 nitrogen and oxygen atoms in total. The number of aliphatic imine (C=N–C) groups is 1. The summed E-state index contributed by atoms with van der Waals surface area (Å²) in [6, 6.07) is 7.69. The lowest BCUT2D eigenvalue weighted by Gasteiger charge is -2.19. The Balaban J connectivity index is 1.75. The van der Waals surface area contributed by atoms with Gasteiger partial charge < -0.3 is 15.5 Å². The monoisotopic (exact) mass is 444 g/mol. The van der Waals surface area contributed by atoms with Crippen molar-refractivity contribution in [2.45, 2.75) is 25.4 Å². The van der Waals surface area contributed by atoms with E-state index in [2.05, 4.69) is 31.6 Å². The van der Waals surface area contributed by atoms with Crippen LogP contribution in [0.4, 0.5) is 0 Å². The number of nitrogens with zero attached hydrogens (tertiary/aromatic N) is 2. The molecule has 2 N–H and O–H groups in total. The summed E-state index contributed by atoms with van der Waals surface area (Å²) in [5.41, 5.74) is 1.05. The van der Waals surface area contributed by atoms with Crippen LogP contribution < -0.4 is 10.6 Å². The van der Waals surface area contributed by atoms with E-state index in [1.807, 2.05) is 24.3 Å². The van der Waals surface area contributed by atoms with Crippen LogP contribution in [0.3, 0.4) is 0 Å². The highest BCUT2D eigenvalue weighted by Gasteiger charge is 2.28. The van der Waals surface area contributed by atoms with Crippen LogP contribution in [0.25, 0.3) is 0 Å². The van der Waals surface area contributed by atoms with Crippen molar-refractivity contribution >= 4 is 37.6 Å². The number of hydrogen-bond donors (Lipinski definition) is 2. The highest BCUT2D eigenvalue weighted by Crippen LogP contribution is 2.17. The zero-order valence-corrected chi connectivity index (χ0v) is 17.4. The summed E-state index contributed by atoms with van der Waals surface area (Å²) < 4.78 is 24.0. The number of carbonyl (C=O) groups is 1. The first-order chi connectivity index (χ1) is 12.3. The maximum atomic E-state index is 12.3. The van der Waals surface area contributed by atoms with Crippen molar-refractivity contribution in [3.63, 3.8) is 0 Å². The summed E-state index contributed by atoms with van der Waals surface area (Å²) in [5.74, 6) is 0.877. The third-order valence-corrected chi connectivity index (χ3v) is 6.76. The molecule has 1 saturated heterocycles. The summed E-state index contributed by atoms with van der Waals surface area (Å²) in [4.78, 5) is 18.1. The normalized spacial score (nSPS) is 19.2. The van der Waals surface area contributed by atoms with Crippen molar-refractivity contribution in [2.75, 3.05) is 32.1 Å². The fourth-order valence-electron chi connectivity index (χ4n) is 2.75. The predicted molar refractivity (Wildman–Crippen MR) is 107 cm³/mol. The highest BCUT2D eigenvalue weighted by atomic mass is 79.9. The molecule has 1 unspecified atom stereocenters. The fraction of sp³-hybridized carbons (Fsp3) is 0.529. The molecule has 1 atom stereocenters. The van der Waals surface area contributed by atoms with Crippen LogP contribution in [0.2, 0.25) is 0 Å². The molecule has 0 radical (unpaired) electrons. The zero-order chi connectivity index (χ0) is 19.2. The van der Waals surface area contributed by atoms with Gasteiger partial charge in [-0.3, -0.25) is 9.79 Å². The summed E-state index contributed by atoms with van der Waals surface area (Å²) >= 11 is 3.49. The maximum absolute atomic E-state index is 12.3. The van der Waals surface area contributed by atoms with E-state index in [0.717, 1.165) is 10.0 Å². The third-order valence-electron chi connectivity index (χ3n) is 4.22. The molecule has 1 aliphatic heterocycles. The Labute approximate surface area is 163 Å². The van der Waals surface area contributed by atoms with E-state index < -0.39 is 9.84 Å². The molecule has 1 amide bonds. The van der Waals surface area contributed by atoms with Gasteiger partial charge in [0.15, 0.2) is 15.8 Å². The van der Waals surface area contributed by atoms with E-state index in [1.165, 1.54) is 0 Å². The molecular formula is C17H25BrN4O3S. The van der Waals surface area contributed by atoms with E-state index in [0.29, 0.717) is 31.9 Å². The second-order valence-electron chi connectivity index (χ2n) is 6.33. The van der Waals surface area contributed by atoms with Gasteiger partial charge in [-0.1, -0.05) is 34.1 Å². The molecule has 144 valence electrons. The minimum Gasteiger partial charge on any atom is -0.356 e. The fourth-order valence-corrected chi connectivity index (χ4v) is 4.83. The lowest BCUT2D eigenvalue weighted by Crippen LogP contribution is -2.45. The molecule has 0 spiro atoms. The summed E-state index contributed by atoms with van der Waals surface area (Å²) in [6.07, 6.45) is 0.904. The van der Waals surface area contributed by atoms with E-state index >= 15 is 0 Å². The number of halogens is 1. The SMILES string of the molecule is CN=C(NCCC(=O)N(C)Cc1ccccc1Br)NC1CCS(=O)(=O)C1. The number of guanidine groups is 1. The van der Waals surface area contributed by atoms with Crippen LogP contribution in [0.1, 0.15) is 18.4 Å². The Bertz CT molecular complexity index is 767. The van der Waals surface area contributed by atoms with Crippen LogP contribution in [-0.2, 0) is 21.2 Å². The summed E-state index contributed by atoms with van der Waals surface area (Å²) in [6.45, 7) is 0.964. The van der Waals surface area contributed by atoms with Gasteiger partial charge in [0.25, 0.3) is 0 Å². The van der Waals surface area contributed by atoms with Crippen molar-refractivity contribution in [3.05, 3.63) is 34.3 Å². The van der Waals surface area contributed by atoms with E-state index in [1.54, 1.807) is 19.0 Å². The van der Waals surface area contributed by atoms with Crippen molar-refractivity contribution < 1.29 is 13.2 Å². The molecule has 1 heterocycles. The van der Waals surface area contributed by atoms with Crippen LogP contribution in [0, 0.1) is 0 Å². The standard InChI is InChI=1S/C17H25BrN4O3S/c1-19-17(21-14-8-10-26(24,25)12-14)20-9-7-16(23)22(2)11-13-5-3-4-6-15(13)18/h3-6,14H,7-12H2,1-2H3,(H2,19,20,21). The molecule has 0 bridgehead atoms. The minimum atomic E-state index is -2.94. The zero-order valence-electron chi connectivity index (χ0n) is 15.0. The van der Waals surface area contributed by atoms with Gasteiger partial charge in [0.2, 0.25) is 5.91 Å². The second-order valence-corrected chi connectivity index (χ2v) is 9.42. The smallest absolute Gasteiger partial charge is 0.224 e. The summed E-state index contributed by atoms with van der Waals surface area (Å²) in [7, 11) is 0.463. The molecular weight excluding hydrogens is 420 g/mol. The second kappa shape index (κ2) is 9.36. The number of hydrogen-bond acceptors (Lipinski definition) is 4. The number of carbonyl (C=O) groups excluding carboxylic acids is 1. The van der Waals surface area contributed by atoms with Gasteiger partial charge in [-0.25, -0.2) is 8.42 Å². The number of amides is 1. The quantitative estimate of drug-likeness (QED) is 0.507. The van der Waals surface area contributed by atoms with Gasteiger partial charge in [-0.15, -0.1) is 0 Å². The van der Waals surface area contributed by atoms with E-state index in [9.17, 15) is 13.2 Å². The van der Waals surface area contributed by atoms with Crippen LogP contribution in [-0.4, -0.2) is 63.4 Å². The average molecular weight is 445 g/mol. The van der Waals surface area contributed by atoms with Gasteiger partial charge in [0.05, 0.1) is 11.5 Å². The average Bonchev–Trinajstić information content (AvgIpc) is 2.94. The number of nitrogens with one attached hydrogen (secondary N) is 2. The molecule has 1 aromatic rings. The number of rotatable bonds is 6. The first kappa shape index (κ1) is 20.7. The van der Waals surface area contributed by atoms with Gasteiger partial charge in [-0.05, 0) is 18.1 Å². The van der Waals surface area contributed by atoms with E-state index in [-0.39, 0.29) is 23.5 Å². The van der Waals surface area contributed by atoms with Crippen LogP contribution >= 0.6 is 15.9 Å². The predicted octanol–water partition coefficient (Wildman–Crippen LogP) is 1.15. The minimum absolute atomic E-state index is 0.0205. The molecule has 2 rings (SSSR count). The van der Waals surface area contributed by atoms with Gasteiger partial charge in [0, 0.05) is 44.1 Å². The molecule has 1 fully saturated rings. The topological polar surface area (TPSA) is 90.9 Å². The number of benzene rings is 1. The van der Waals surface area contributed by atoms with Crippen molar-refractivity contribution in [2.24, 2.45) is 4.99 Å². The molecule has 1 aliphatic rings. The molecule has 0 aliphatic carbocycles. The lowest BCUT2D eigenvalue weighted by molar-refractivity contribution is -0.130. The Morgan fingerprint density at radius 3 is 2.73 bits per heavy atom. The van der Waals surface area contributed by atoms with E-state index in [4.69, 9.17) is 0 Å². The molecule has 26 heavy (non-hydrogen) atoms. The van der Waals surface area contributed by atoms with Crippen LogP contribution in [0.15, 0.2) is 33.7 Å². The third kappa shape index (κ3) is 6.28. The highest BCUT2D eigenvalue weighted by molar-refractivity contribution is 9.10. The van der Waals surface area contributed by atoms with Gasteiger partial charge in [-0.2, -0.15) is 0 Å². The molecule has 0 aromatic heterocycles.